The van der Waals surface area contributed by atoms with Gasteiger partial charge in [0, 0.05) is 32.2 Å². The second-order valence-corrected chi connectivity index (χ2v) is 7.59. The molecule has 0 bridgehead atoms. The quantitative estimate of drug-likeness (QED) is 0.269. The highest BCUT2D eigenvalue weighted by molar-refractivity contribution is 6.20. The summed E-state index contributed by atoms with van der Waals surface area (Å²) in [7, 11) is 1.46. The van der Waals surface area contributed by atoms with E-state index in [-0.39, 0.29) is 48.7 Å². The summed E-state index contributed by atoms with van der Waals surface area (Å²) in [5.74, 6) is -2.83. The van der Waals surface area contributed by atoms with Crippen molar-refractivity contribution in [1.82, 2.24) is 4.90 Å². The number of carbonyl (C=O) groups is 4. The molecule has 0 spiro atoms. The molecule has 0 aliphatic carbocycles. The molecule has 170 valence electrons. The van der Waals surface area contributed by atoms with E-state index in [4.69, 9.17) is 14.9 Å². The van der Waals surface area contributed by atoms with Crippen molar-refractivity contribution in [2.75, 3.05) is 31.8 Å². The van der Waals surface area contributed by atoms with Crippen LogP contribution in [0.15, 0.2) is 35.6 Å². The highest BCUT2D eigenvalue weighted by Crippen LogP contribution is 2.45. The van der Waals surface area contributed by atoms with Crippen LogP contribution in [0.3, 0.4) is 0 Å². The molecule has 1 unspecified atom stereocenters. The van der Waals surface area contributed by atoms with Crippen molar-refractivity contribution in [3.05, 3.63) is 41.2 Å². The summed E-state index contributed by atoms with van der Waals surface area (Å²) >= 11 is 0. The van der Waals surface area contributed by atoms with E-state index in [0.717, 1.165) is 0 Å². The number of methoxy groups -OCH3 is 1. The van der Waals surface area contributed by atoms with Crippen molar-refractivity contribution in [1.29, 1.82) is 5.41 Å². The molecule has 10 heteroatoms. The first-order chi connectivity index (χ1) is 15.2. The lowest BCUT2D eigenvalue weighted by Gasteiger charge is -2.48. The van der Waals surface area contributed by atoms with E-state index < -0.39 is 35.7 Å². The Labute approximate surface area is 184 Å². The second-order valence-electron chi connectivity index (χ2n) is 7.59. The van der Waals surface area contributed by atoms with Gasteiger partial charge in [-0.3, -0.25) is 19.3 Å². The number of nitrogens with one attached hydrogen (secondary N) is 1. The highest BCUT2D eigenvalue weighted by atomic mass is 16.5. The molecule has 1 aromatic carbocycles. The standard InChI is InChI=1S/C22H25N3O7/c1-13(23)19(14(2)26)17(27)12-32-21(30)22-9-8-18(28)25(22)16-7-5-4-6-15(16)20(29)24(22)10-11-31-3/h4-7,23,27H,8-12H2,1-3H3/b19-17-,23-13?. The number of amides is 2. The maximum Gasteiger partial charge on any atom is 0.354 e. The average Bonchev–Trinajstić information content (AvgIpc) is 3.09. The average molecular weight is 443 g/mol. The maximum atomic E-state index is 13.4. The number of carbonyl (C=O) groups excluding carboxylic acids is 4. The van der Waals surface area contributed by atoms with E-state index in [1.807, 2.05) is 0 Å². The van der Waals surface area contributed by atoms with Crippen LogP contribution in [0, 0.1) is 5.41 Å². The van der Waals surface area contributed by atoms with Crippen molar-refractivity contribution in [3.8, 4) is 0 Å². The van der Waals surface area contributed by atoms with E-state index in [1.165, 1.54) is 30.8 Å². The van der Waals surface area contributed by atoms with Gasteiger partial charge in [-0.25, -0.2) is 4.79 Å². The van der Waals surface area contributed by atoms with Crippen molar-refractivity contribution in [2.45, 2.75) is 32.4 Å². The van der Waals surface area contributed by atoms with E-state index in [9.17, 15) is 24.3 Å². The molecular weight excluding hydrogens is 418 g/mol. The monoisotopic (exact) mass is 443 g/mol. The SMILES string of the molecule is COCCN1C(=O)c2ccccc2N2C(=O)CCC12C(=O)OC/C(O)=C(\C(C)=N)C(C)=O. The number of anilines is 1. The Hall–Kier alpha value is -3.53. The molecule has 2 heterocycles. The predicted molar refractivity (Wildman–Crippen MR) is 114 cm³/mol. The summed E-state index contributed by atoms with van der Waals surface area (Å²) < 4.78 is 10.4. The van der Waals surface area contributed by atoms with E-state index in [0.29, 0.717) is 5.69 Å². The van der Waals surface area contributed by atoms with E-state index in [2.05, 4.69) is 0 Å². The number of esters is 1. The summed E-state index contributed by atoms with van der Waals surface area (Å²) in [6, 6.07) is 6.51. The third-order valence-electron chi connectivity index (χ3n) is 5.58. The summed E-state index contributed by atoms with van der Waals surface area (Å²) in [5.41, 5.74) is -1.58. The smallest absolute Gasteiger partial charge is 0.354 e. The fraction of sp³-hybridized carbons (Fsp3) is 0.409. The Balaban J connectivity index is 2.04. The van der Waals surface area contributed by atoms with Gasteiger partial charge in [-0.1, -0.05) is 12.1 Å². The number of rotatable bonds is 8. The first-order valence-electron chi connectivity index (χ1n) is 10.1. The first-order valence-corrected chi connectivity index (χ1v) is 10.1. The molecule has 2 aliphatic rings. The Morgan fingerprint density at radius 3 is 2.53 bits per heavy atom. The molecule has 2 aliphatic heterocycles. The molecule has 2 N–H and O–H groups in total. The minimum absolute atomic E-state index is 0.00208. The number of hydrogen-bond donors (Lipinski definition) is 2. The van der Waals surface area contributed by atoms with Crippen LogP contribution >= 0.6 is 0 Å². The van der Waals surface area contributed by atoms with Crippen LogP contribution < -0.4 is 4.90 Å². The number of nitrogens with zero attached hydrogens (tertiary/aromatic N) is 2. The topological polar surface area (TPSA) is 137 Å². The number of fused-ring (bicyclic) bond motifs is 3. The van der Waals surface area contributed by atoms with Crippen LogP contribution in [0.5, 0.6) is 0 Å². The van der Waals surface area contributed by atoms with Crippen LogP contribution in [-0.2, 0) is 23.9 Å². The van der Waals surface area contributed by atoms with Gasteiger partial charge in [0.15, 0.2) is 5.78 Å². The van der Waals surface area contributed by atoms with Crippen molar-refractivity contribution in [2.24, 2.45) is 0 Å². The largest absolute Gasteiger partial charge is 0.508 e. The van der Waals surface area contributed by atoms with Gasteiger partial charge in [-0.15, -0.1) is 0 Å². The Kier molecular flexibility index (Phi) is 6.45. The summed E-state index contributed by atoms with van der Waals surface area (Å²) in [4.78, 5) is 53.8. The minimum atomic E-state index is -1.74. The van der Waals surface area contributed by atoms with Gasteiger partial charge in [0.1, 0.15) is 12.4 Å². The van der Waals surface area contributed by atoms with Gasteiger partial charge in [0.25, 0.3) is 5.91 Å². The number of aliphatic hydroxyl groups is 1. The number of hydrogen-bond acceptors (Lipinski definition) is 8. The van der Waals surface area contributed by atoms with Gasteiger partial charge in [-0.05, 0) is 26.0 Å². The van der Waals surface area contributed by atoms with Crippen LogP contribution in [0.4, 0.5) is 5.69 Å². The van der Waals surface area contributed by atoms with Crippen molar-refractivity contribution >= 4 is 35.0 Å². The van der Waals surface area contributed by atoms with Gasteiger partial charge in [0.05, 0.1) is 23.4 Å². The number of ketones is 1. The zero-order chi connectivity index (χ0) is 23.6. The Morgan fingerprint density at radius 1 is 1.22 bits per heavy atom. The molecular formula is C22H25N3O7. The van der Waals surface area contributed by atoms with Crippen molar-refractivity contribution in [3.63, 3.8) is 0 Å². The molecule has 1 saturated heterocycles. The Morgan fingerprint density at radius 2 is 1.91 bits per heavy atom. The van der Waals surface area contributed by atoms with Crippen LogP contribution in [0.1, 0.15) is 37.0 Å². The fourth-order valence-electron chi connectivity index (χ4n) is 4.24. The number of allylic oxidation sites excluding steroid dienone is 1. The van der Waals surface area contributed by atoms with E-state index in [1.54, 1.807) is 24.3 Å². The minimum Gasteiger partial charge on any atom is -0.508 e. The fourth-order valence-corrected chi connectivity index (χ4v) is 4.24. The summed E-state index contributed by atoms with van der Waals surface area (Å²) in [6.45, 7) is 1.99. The highest BCUT2D eigenvalue weighted by Gasteiger charge is 2.61. The van der Waals surface area contributed by atoms with E-state index >= 15 is 0 Å². The third kappa shape index (κ3) is 3.66. The molecule has 0 aromatic heterocycles. The molecule has 10 nitrogen and oxygen atoms in total. The first kappa shape index (κ1) is 23.1. The number of benzene rings is 1. The van der Waals surface area contributed by atoms with Crippen LogP contribution in [-0.4, -0.2) is 71.8 Å². The molecule has 2 amide bonds. The number of ether oxygens (including phenoxy) is 2. The third-order valence-corrected chi connectivity index (χ3v) is 5.58. The molecule has 1 aromatic rings. The van der Waals surface area contributed by atoms with Gasteiger partial charge < -0.3 is 24.9 Å². The number of Topliss-reactive ketones (excluding diaryl/α,β-unsaturated/α-hetero) is 1. The molecule has 32 heavy (non-hydrogen) atoms. The van der Waals surface area contributed by atoms with Gasteiger partial charge >= 0.3 is 5.97 Å². The molecule has 3 rings (SSSR count). The van der Waals surface area contributed by atoms with Crippen molar-refractivity contribution < 1.29 is 33.8 Å². The maximum absolute atomic E-state index is 13.4. The number of para-hydroxylation sites is 1. The normalized spacial score (nSPS) is 20.5. The lowest BCUT2D eigenvalue weighted by Crippen LogP contribution is -2.69. The van der Waals surface area contributed by atoms with Crippen LogP contribution in [0.25, 0.3) is 0 Å². The molecule has 1 atom stereocenters. The lowest BCUT2D eigenvalue weighted by molar-refractivity contribution is -0.157. The molecule has 1 fully saturated rings. The lowest BCUT2D eigenvalue weighted by atomic mass is 9.96. The summed E-state index contributed by atoms with van der Waals surface area (Å²) in [5, 5.41) is 17.9. The second kappa shape index (κ2) is 8.91. The Bertz CT molecular complexity index is 1020. The molecule has 0 radical (unpaired) electrons. The number of aliphatic hydroxyl groups excluding tert-OH is 1. The zero-order valence-electron chi connectivity index (χ0n) is 18.1. The predicted octanol–water partition coefficient (Wildman–Crippen LogP) is 1.60. The molecule has 0 saturated carbocycles. The van der Waals surface area contributed by atoms with Crippen LogP contribution in [0.2, 0.25) is 0 Å². The van der Waals surface area contributed by atoms with Gasteiger partial charge in [0.2, 0.25) is 11.6 Å². The summed E-state index contributed by atoms with van der Waals surface area (Å²) in [6.07, 6.45) is 0.0163. The van der Waals surface area contributed by atoms with Gasteiger partial charge in [-0.2, -0.15) is 0 Å². The zero-order valence-corrected chi connectivity index (χ0v) is 18.1.